The molecule has 0 N–H and O–H groups in total. The number of methoxy groups -OCH3 is 1. The molecule has 0 amide bonds. The fourth-order valence-electron chi connectivity index (χ4n) is 3.25. The molecule has 0 fully saturated rings. The zero-order valence-corrected chi connectivity index (χ0v) is 17.0. The molecule has 0 heterocycles. The van der Waals surface area contributed by atoms with E-state index in [9.17, 15) is 4.79 Å². The van der Waals surface area contributed by atoms with E-state index in [-0.39, 0.29) is 23.7 Å². The van der Waals surface area contributed by atoms with Crippen molar-refractivity contribution in [3.05, 3.63) is 47.1 Å². The first-order valence-corrected chi connectivity index (χ1v) is 9.54. The van der Waals surface area contributed by atoms with Gasteiger partial charge in [-0.15, -0.1) is 0 Å². The Balaban J connectivity index is 2.46. The second kappa shape index (κ2) is 11.3. The van der Waals surface area contributed by atoms with E-state index < -0.39 is 0 Å². The van der Waals surface area contributed by atoms with E-state index in [1.807, 2.05) is 13.0 Å². The molecule has 0 aliphatic heterocycles. The number of carbonyl (C=O) groups excluding carboxylic acids is 1. The third-order valence-electron chi connectivity index (χ3n) is 5.10. The first-order valence-electron chi connectivity index (χ1n) is 9.54. The van der Waals surface area contributed by atoms with E-state index in [0.29, 0.717) is 0 Å². The molecule has 3 unspecified atom stereocenters. The Hall–Kier alpha value is -1.41. The summed E-state index contributed by atoms with van der Waals surface area (Å²) in [6.45, 7) is 10.7. The van der Waals surface area contributed by atoms with Crippen LogP contribution in [0.15, 0.2) is 47.1 Å². The van der Waals surface area contributed by atoms with Crippen LogP contribution in [-0.2, 0) is 9.53 Å². The van der Waals surface area contributed by atoms with Crippen molar-refractivity contribution in [2.45, 2.75) is 72.8 Å². The van der Waals surface area contributed by atoms with Gasteiger partial charge >= 0.3 is 0 Å². The molecule has 2 nitrogen and oxygen atoms in total. The predicted octanol–water partition coefficient (Wildman–Crippen LogP) is 6.20. The van der Waals surface area contributed by atoms with Crippen LogP contribution in [0.4, 0.5) is 0 Å². The molecule has 0 radical (unpaired) electrons. The summed E-state index contributed by atoms with van der Waals surface area (Å²) in [6.07, 6.45) is 16.0. The van der Waals surface area contributed by atoms with Crippen molar-refractivity contribution >= 4 is 5.78 Å². The highest BCUT2D eigenvalue weighted by Crippen LogP contribution is 2.29. The lowest BCUT2D eigenvalue weighted by Crippen LogP contribution is -2.34. The molecule has 0 aromatic rings. The number of ketones is 1. The van der Waals surface area contributed by atoms with E-state index in [4.69, 9.17) is 4.74 Å². The summed E-state index contributed by atoms with van der Waals surface area (Å²) in [5, 5.41) is 0. The zero-order valence-electron chi connectivity index (χ0n) is 17.0. The minimum Gasteiger partial charge on any atom is -0.377 e. The average molecular weight is 345 g/mol. The van der Waals surface area contributed by atoms with Crippen molar-refractivity contribution in [2.75, 3.05) is 7.11 Å². The Morgan fingerprint density at radius 1 is 1.04 bits per heavy atom. The summed E-state index contributed by atoms with van der Waals surface area (Å²) in [4.78, 5) is 11.9. The minimum absolute atomic E-state index is 0.0382. The Labute approximate surface area is 154 Å². The van der Waals surface area contributed by atoms with Gasteiger partial charge in [-0.25, -0.2) is 0 Å². The highest BCUT2D eigenvalue weighted by atomic mass is 16.5. The Kier molecular flexibility index (Phi) is 9.74. The van der Waals surface area contributed by atoms with Crippen LogP contribution in [0.2, 0.25) is 0 Å². The molecule has 1 rings (SSSR count). The molecule has 0 aromatic heterocycles. The third kappa shape index (κ3) is 8.00. The van der Waals surface area contributed by atoms with Gasteiger partial charge in [0.05, 0.1) is 6.10 Å². The Bertz CT molecular complexity index is 544. The second-order valence-electron chi connectivity index (χ2n) is 7.61. The lowest BCUT2D eigenvalue weighted by molar-refractivity contribution is -0.121. The molecular weight excluding hydrogens is 308 g/mol. The number of hydrogen-bond acceptors (Lipinski definition) is 2. The van der Waals surface area contributed by atoms with E-state index >= 15 is 0 Å². The molecule has 0 saturated carbocycles. The molecule has 140 valence electrons. The molecule has 0 aromatic carbocycles. The molecule has 3 atom stereocenters. The van der Waals surface area contributed by atoms with Crippen LogP contribution in [0.25, 0.3) is 0 Å². The van der Waals surface area contributed by atoms with Crippen molar-refractivity contribution < 1.29 is 9.53 Å². The highest BCUT2D eigenvalue weighted by Gasteiger charge is 2.31. The van der Waals surface area contributed by atoms with Gasteiger partial charge in [0.1, 0.15) is 0 Å². The summed E-state index contributed by atoms with van der Waals surface area (Å²) in [7, 11) is 1.73. The Morgan fingerprint density at radius 3 is 2.24 bits per heavy atom. The molecule has 25 heavy (non-hydrogen) atoms. The average Bonchev–Trinajstić information content (AvgIpc) is 2.55. The van der Waals surface area contributed by atoms with Crippen molar-refractivity contribution in [1.82, 2.24) is 0 Å². The van der Waals surface area contributed by atoms with Crippen LogP contribution in [0.3, 0.4) is 0 Å². The van der Waals surface area contributed by atoms with E-state index in [2.05, 4.69) is 45.9 Å². The zero-order chi connectivity index (χ0) is 18.8. The van der Waals surface area contributed by atoms with Crippen molar-refractivity contribution in [2.24, 2.45) is 11.8 Å². The summed E-state index contributed by atoms with van der Waals surface area (Å²) < 4.78 is 5.54. The van der Waals surface area contributed by atoms with Crippen molar-refractivity contribution in [3.63, 3.8) is 0 Å². The smallest absolute Gasteiger partial charge is 0.158 e. The van der Waals surface area contributed by atoms with Gasteiger partial charge in [-0.1, -0.05) is 47.9 Å². The normalized spacial score (nSPS) is 24.6. The SMILES string of the molecule is COC1C=CC(=O)C(C)C1C/C=C(\C)CC/C=C(\C)CCC=C(C)C. The van der Waals surface area contributed by atoms with Crippen LogP contribution in [0.5, 0.6) is 0 Å². The van der Waals surface area contributed by atoms with Crippen LogP contribution < -0.4 is 0 Å². The summed E-state index contributed by atoms with van der Waals surface area (Å²) >= 11 is 0. The fourth-order valence-corrected chi connectivity index (χ4v) is 3.25. The number of ether oxygens (including phenoxy) is 1. The lowest BCUT2D eigenvalue weighted by atomic mass is 9.79. The standard InChI is InChI=1S/C23H36O2/c1-17(2)9-7-10-18(3)11-8-12-19(4)13-14-21-20(5)22(24)15-16-23(21)25-6/h9,11,13,15-16,20-21,23H,7-8,10,12,14H2,1-6H3/b18-11+,19-13+. The van der Waals surface area contributed by atoms with E-state index in [1.165, 1.54) is 16.7 Å². The maximum absolute atomic E-state index is 11.9. The number of hydrogen-bond donors (Lipinski definition) is 0. The van der Waals surface area contributed by atoms with Crippen LogP contribution >= 0.6 is 0 Å². The molecule has 0 bridgehead atoms. The molecule has 0 saturated heterocycles. The molecule has 1 aliphatic carbocycles. The lowest BCUT2D eigenvalue weighted by Gasteiger charge is -2.30. The van der Waals surface area contributed by atoms with Gasteiger partial charge in [-0.05, 0) is 65.9 Å². The Morgan fingerprint density at radius 2 is 1.64 bits per heavy atom. The number of rotatable bonds is 9. The van der Waals surface area contributed by atoms with Gasteiger partial charge in [0, 0.05) is 18.9 Å². The maximum Gasteiger partial charge on any atom is 0.158 e. The largest absolute Gasteiger partial charge is 0.377 e. The van der Waals surface area contributed by atoms with Gasteiger partial charge in [0.15, 0.2) is 5.78 Å². The number of allylic oxidation sites excluding steroid dienone is 7. The molecule has 2 heteroatoms. The summed E-state index contributed by atoms with van der Waals surface area (Å²) in [5.41, 5.74) is 4.27. The molecular formula is C23H36O2. The second-order valence-corrected chi connectivity index (χ2v) is 7.61. The van der Waals surface area contributed by atoms with Gasteiger partial charge in [0.25, 0.3) is 0 Å². The highest BCUT2D eigenvalue weighted by molar-refractivity contribution is 5.92. The quantitative estimate of drug-likeness (QED) is 0.465. The van der Waals surface area contributed by atoms with Gasteiger partial charge < -0.3 is 4.74 Å². The predicted molar refractivity (Wildman–Crippen MR) is 108 cm³/mol. The fraction of sp³-hybridized carbons (Fsp3) is 0.609. The maximum atomic E-state index is 11.9. The van der Waals surface area contributed by atoms with Crippen LogP contribution in [0, 0.1) is 11.8 Å². The molecule has 1 aliphatic rings. The first kappa shape index (κ1) is 21.6. The van der Waals surface area contributed by atoms with E-state index in [1.54, 1.807) is 13.2 Å². The van der Waals surface area contributed by atoms with Crippen LogP contribution in [-0.4, -0.2) is 19.0 Å². The summed E-state index contributed by atoms with van der Waals surface area (Å²) in [5.74, 6) is 0.509. The topological polar surface area (TPSA) is 26.3 Å². The monoisotopic (exact) mass is 344 g/mol. The van der Waals surface area contributed by atoms with E-state index in [0.717, 1.165) is 32.1 Å². The van der Waals surface area contributed by atoms with Gasteiger partial charge in [-0.2, -0.15) is 0 Å². The first-order chi connectivity index (χ1) is 11.8. The van der Waals surface area contributed by atoms with Gasteiger partial charge in [0.2, 0.25) is 0 Å². The van der Waals surface area contributed by atoms with Crippen LogP contribution in [0.1, 0.15) is 66.7 Å². The summed E-state index contributed by atoms with van der Waals surface area (Å²) in [6, 6.07) is 0. The minimum atomic E-state index is 0.0382. The number of carbonyl (C=O) groups is 1. The molecule has 0 spiro atoms. The van der Waals surface area contributed by atoms with Crippen molar-refractivity contribution in [1.29, 1.82) is 0 Å². The van der Waals surface area contributed by atoms with Crippen molar-refractivity contribution in [3.8, 4) is 0 Å². The third-order valence-corrected chi connectivity index (χ3v) is 5.10. The van der Waals surface area contributed by atoms with Gasteiger partial charge in [-0.3, -0.25) is 4.79 Å².